The van der Waals surface area contributed by atoms with Crippen LogP contribution in [0.4, 0.5) is 0 Å². The molecule has 1 N–H and O–H groups in total. The molecule has 0 aliphatic carbocycles. The standard InChI is InChI=1S/C35H68O4/c1-3-5-7-9-11-12-13-14-15-16-17-18-19-20-22-24-26-32-35(38)39-33(30-27-28-31-34(36)37)29-25-23-21-10-8-6-4-2/h33H,3-32H2,1-2H3,(H,36,37). The summed E-state index contributed by atoms with van der Waals surface area (Å²) >= 11 is 0. The number of carbonyl (C=O) groups excluding carboxylic acids is 1. The van der Waals surface area contributed by atoms with Crippen molar-refractivity contribution in [3.8, 4) is 0 Å². The molecule has 0 fully saturated rings. The van der Waals surface area contributed by atoms with Crippen LogP contribution in [-0.2, 0) is 14.3 Å². The third-order valence-corrected chi connectivity index (χ3v) is 8.08. The Morgan fingerprint density at radius 2 is 0.769 bits per heavy atom. The van der Waals surface area contributed by atoms with E-state index in [-0.39, 0.29) is 18.5 Å². The number of aliphatic carboxylic acids is 1. The van der Waals surface area contributed by atoms with Gasteiger partial charge in [-0.15, -0.1) is 0 Å². The van der Waals surface area contributed by atoms with Crippen LogP contribution in [-0.4, -0.2) is 23.1 Å². The summed E-state index contributed by atoms with van der Waals surface area (Å²) in [4.78, 5) is 23.2. The van der Waals surface area contributed by atoms with Crippen LogP contribution in [0.5, 0.6) is 0 Å². The molecule has 232 valence electrons. The van der Waals surface area contributed by atoms with Gasteiger partial charge in [0.2, 0.25) is 0 Å². The van der Waals surface area contributed by atoms with Crippen LogP contribution in [0.1, 0.15) is 206 Å². The monoisotopic (exact) mass is 553 g/mol. The minimum Gasteiger partial charge on any atom is -0.481 e. The van der Waals surface area contributed by atoms with Crippen LogP contribution < -0.4 is 0 Å². The Morgan fingerprint density at radius 3 is 1.15 bits per heavy atom. The van der Waals surface area contributed by atoms with Crippen molar-refractivity contribution in [1.82, 2.24) is 0 Å². The molecule has 0 aromatic rings. The van der Waals surface area contributed by atoms with Gasteiger partial charge in [0, 0.05) is 12.8 Å². The third kappa shape index (κ3) is 31.3. The van der Waals surface area contributed by atoms with Gasteiger partial charge in [0.05, 0.1) is 0 Å². The van der Waals surface area contributed by atoms with Crippen LogP contribution in [0.3, 0.4) is 0 Å². The van der Waals surface area contributed by atoms with Crippen molar-refractivity contribution < 1.29 is 19.4 Å². The lowest BCUT2D eigenvalue weighted by molar-refractivity contribution is -0.150. The van der Waals surface area contributed by atoms with Gasteiger partial charge < -0.3 is 9.84 Å². The van der Waals surface area contributed by atoms with Gasteiger partial charge >= 0.3 is 11.9 Å². The van der Waals surface area contributed by atoms with E-state index >= 15 is 0 Å². The van der Waals surface area contributed by atoms with Crippen LogP contribution in [0.2, 0.25) is 0 Å². The van der Waals surface area contributed by atoms with Crippen molar-refractivity contribution in [2.24, 2.45) is 0 Å². The average molecular weight is 553 g/mol. The zero-order valence-corrected chi connectivity index (χ0v) is 26.5. The second-order valence-corrected chi connectivity index (χ2v) is 12.1. The van der Waals surface area contributed by atoms with Gasteiger partial charge in [-0.2, -0.15) is 0 Å². The number of rotatable bonds is 32. The molecular formula is C35H68O4. The van der Waals surface area contributed by atoms with Crippen molar-refractivity contribution >= 4 is 11.9 Å². The molecule has 0 spiro atoms. The molecular weight excluding hydrogens is 484 g/mol. The molecule has 0 heterocycles. The summed E-state index contributed by atoms with van der Waals surface area (Å²) < 4.78 is 5.85. The summed E-state index contributed by atoms with van der Waals surface area (Å²) in [7, 11) is 0. The summed E-state index contributed by atoms with van der Waals surface area (Å²) in [6, 6.07) is 0. The second-order valence-electron chi connectivity index (χ2n) is 12.1. The lowest BCUT2D eigenvalue weighted by Gasteiger charge is -2.18. The predicted molar refractivity (Wildman–Crippen MR) is 167 cm³/mol. The molecule has 0 bridgehead atoms. The van der Waals surface area contributed by atoms with Crippen LogP contribution >= 0.6 is 0 Å². The SMILES string of the molecule is CCCCCCCCCCCCCCCCCCCC(=O)OC(CCCCCCCCC)CCCCC(=O)O. The molecule has 0 aliphatic heterocycles. The molecule has 0 aliphatic rings. The first-order valence-corrected chi connectivity index (χ1v) is 17.5. The third-order valence-electron chi connectivity index (χ3n) is 8.08. The number of carboxylic acid groups (broad SMARTS) is 1. The number of ether oxygens (including phenoxy) is 1. The van der Waals surface area contributed by atoms with Gasteiger partial charge in [-0.05, 0) is 38.5 Å². The molecule has 0 aromatic heterocycles. The van der Waals surface area contributed by atoms with Gasteiger partial charge in [0.15, 0.2) is 0 Å². The van der Waals surface area contributed by atoms with E-state index in [9.17, 15) is 9.59 Å². The number of unbranched alkanes of at least 4 members (excludes halogenated alkanes) is 23. The molecule has 0 saturated heterocycles. The Bertz CT molecular complexity index is 519. The molecule has 0 amide bonds. The highest BCUT2D eigenvalue weighted by Crippen LogP contribution is 2.18. The highest BCUT2D eigenvalue weighted by Gasteiger charge is 2.14. The van der Waals surface area contributed by atoms with E-state index in [2.05, 4.69) is 13.8 Å². The van der Waals surface area contributed by atoms with E-state index in [4.69, 9.17) is 9.84 Å². The fraction of sp³-hybridized carbons (Fsp3) is 0.943. The maximum Gasteiger partial charge on any atom is 0.306 e. The van der Waals surface area contributed by atoms with E-state index in [1.807, 2.05) is 0 Å². The second kappa shape index (κ2) is 31.5. The Hall–Kier alpha value is -1.06. The van der Waals surface area contributed by atoms with Crippen LogP contribution in [0, 0.1) is 0 Å². The minimum atomic E-state index is -0.741. The minimum absolute atomic E-state index is 0.0345. The first-order chi connectivity index (χ1) is 19.1. The van der Waals surface area contributed by atoms with Gasteiger partial charge in [0.25, 0.3) is 0 Å². The Labute approximate surface area is 243 Å². The summed E-state index contributed by atoms with van der Waals surface area (Å²) in [6.45, 7) is 4.52. The van der Waals surface area contributed by atoms with Crippen LogP contribution in [0.25, 0.3) is 0 Å². The largest absolute Gasteiger partial charge is 0.481 e. The normalized spacial score (nSPS) is 12.1. The van der Waals surface area contributed by atoms with E-state index in [1.165, 1.54) is 135 Å². The van der Waals surface area contributed by atoms with Gasteiger partial charge in [-0.25, -0.2) is 0 Å². The van der Waals surface area contributed by atoms with Crippen molar-refractivity contribution in [2.45, 2.75) is 213 Å². The maximum atomic E-state index is 12.4. The van der Waals surface area contributed by atoms with Gasteiger partial charge in [-0.1, -0.05) is 155 Å². The molecule has 1 atom stereocenters. The van der Waals surface area contributed by atoms with E-state index in [0.29, 0.717) is 12.8 Å². The van der Waals surface area contributed by atoms with Crippen molar-refractivity contribution in [3.63, 3.8) is 0 Å². The number of carbonyl (C=O) groups is 2. The first-order valence-electron chi connectivity index (χ1n) is 17.5. The van der Waals surface area contributed by atoms with Gasteiger partial charge in [0.1, 0.15) is 6.10 Å². The molecule has 0 aromatic carbocycles. The van der Waals surface area contributed by atoms with Crippen LogP contribution in [0.15, 0.2) is 0 Å². The molecule has 4 nitrogen and oxygen atoms in total. The zero-order valence-electron chi connectivity index (χ0n) is 26.5. The highest BCUT2D eigenvalue weighted by molar-refractivity contribution is 5.69. The fourth-order valence-corrected chi connectivity index (χ4v) is 5.48. The quantitative estimate of drug-likeness (QED) is 0.0665. The lowest BCUT2D eigenvalue weighted by atomic mass is 10.0. The summed E-state index contributed by atoms with van der Waals surface area (Å²) in [5.74, 6) is -0.795. The van der Waals surface area contributed by atoms with Crippen molar-refractivity contribution in [2.75, 3.05) is 0 Å². The van der Waals surface area contributed by atoms with Gasteiger partial charge in [-0.3, -0.25) is 9.59 Å². The smallest absolute Gasteiger partial charge is 0.306 e. The maximum absolute atomic E-state index is 12.4. The van der Waals surface area contributed by atoms with E-state index in [0.717, 1.165) is 38.5 Å². The molecule has 0 saturated carbocycles. The number of hydrogen-bond donors (Lipinski definition) is 1. The highest BCUT2D eigenvalue weighted by atomic mass is 16.5. The molecule has 4 heteroatoms. The fourth-order valence-electron chi connectivity index (χ4n) is 5.48. The summed E-state index contributed by atoms with van der Waals surface area (Å²) in [5, 5.41) is 8.88. The summed E-state index contributed by atoms with van der Waals surface area (Å²) in [6.07, 6.45) is 35.5. The predicted octanol–water partition coefficient (Wildman–Crippen LogP) is 11.7. The summed E-state index contributed by atoms with van der Waals surface area (Å²) in [5.41, 5.74) is 0. The van der Waals surface area contributed by atoms with Crippen molar-refractivity contribution in [1.29, 1.82) is 0 Å². The van der Waals surface area contributed by atoms with E-state index in [1.54, 1.807) is 0 Å². The Kier molecular flexibility index (Phi) is 30.6. The zero-order chi connectivity index (χ0) is 28.7. The number of carboxylic acids is 1. The lowest BCUT2D eigenvalue weighted by Crippen LogP contribution is -2.18. The topological polar surface area (TPSA) is 63.6 Å². The Balaban J connectivity index is 3.73. The molecule has 39 heavy (non-hydrogen) atoms. The van der Waals surface area contributed by atoms with Crippen molar-refractivity contribution in [3.05, 3.63) is 0 Å². The molecule has 1 unspecified atom stereocenters. The van der Waals surface area contributed by atoms with E-state index < -0.39 is 5.97 Å². The Morgan fingerprint density at radius 1 is 0.462 bits per heavy atom. The molecule has 0 rings (SSSR count). The molecule has 0 radical (unpaired) electrons. The average Bonchev–Trinajstić information content (AvgIpc) is 2.92. The first kappa shape index (κ1) is 37.9. The number of hydrogen-bond acceptors (Lipinski definition) is 3. The number of esters is 1.